The van der Waals surface area contributed by atoms with Crippen molar-refractivity contribution < 1.29 is 9.47 Å². The molecule has 0 fully saturated rings. The Morgan fingerprint density at radius 1 is 1.10 bits per heavy atom. The third kappa shape index (κ3) is 3.79. The molecule has 0 amide bonds. The first-order valence-corrected chi connectivity index (χ1v) is 7.35. The normalized spacial score (nSPS) is 17.8. The van der Waals surface area contributed by atoms with E-state index >= 15 is 0 Å². The number of methoxy groups -OCH3 is 2. The average molecular weight is 278 g/mol. The van der Waals surface area contributed by atoms with Crippen LogP contribution in [0.4, 0.5) is 0 Å². The van der Waals surface area contributed by atoms with Gasteiger partial charge in [0, 0.05) is 46.3 Å². The lowest BCUT2D eigenvalue weighted by molar-refractivity contribution is -0.116. The van der Waals surface area contributed by atoms with Gasteiger partial charge in [-0.15, -0.1) is 0 Å². The van der Waals surface area contributed by atoms with Crippen LogP contribution in [-0.4, -0.2) is 51.1 Å². The summed E-state index contributed by atoms with van der Waals surface area (Å²) in [5.74, 6) is 0. The molecule has 0 radical (unpaired) electrons. The average Bonchev–Trinajstić information content (AvgIpc) is 2.71. The molecule has 0 saturated carbocycles. The van der Waals surface area contributed by atoms with E-state index in [-0.39, 0.29) is 6.29 Å². The first-order valence-electron chi connectivity index (χ1n) is 7.35. The molecule has 1 atom stereocenters. The van der Waals surface area contributed by atoms with Crippen LogP contribution in [0.15, 0.2) is 24.3 Å². The molecule has 1 aromatic rings. The van der Waals surface area contributed by atoms with E-state index in [2.05, 4.69) is 29.2 Å². The molecule has 20 heavy (non-hydrogen) atoms. The SMILES string of the molecule is COC(CC(CN)N1CCc2ccccc2CC1)OC. The number of rotatable bonds is 6. The summed E-state index contributed by atoms with van der Waals surface area (Å²) >= 11 is 0. The molecule has 0 aromatic heterocycles. The fraction of sp³-hybridized carbons (Fsp3) is 0.625. The van der Waals surface area contributed by atoms with Crippen molar-refractivity contribution in [1.29, 1.82) is 0 Å². The van der Waals surface area contributed by atoms with E-state index in [1.54, 1.807) is 14.2 Å². The van der Waals surface area contributed by atoms with Gasteiger partial charge in [0.2, 0.25) is 0 Å². The molecule has 2 rings (SSSR count). The summed E-state index contributed by atoms with van der Waals surface area (Å²) in [6.07, 6.45) is 2.84. The summed E-state index contributed by atoms with van der Waals surface area (Å²) in [5, 5.41) is 0. The van der Waals surface area contributed by atoms with E-state index in [0.717, 1.165) is 32.4 Å². The molecule has 4 heteroatoms. The van der Waals surface area contributed by atoms with Crippen molar-refractivity contribution in [1.82, 2.24) is 4.90 Å². The summed E-state index contributed by atoms with van der Waals surface area (Å²) < 4.78 is 10.6. The maximum Gasteiger partial charge on any atom is 0.158 e. The van der Waals surface area contributed by atoms with E-state index < -0.39 is 0 Å². The molecule has 1 unspecified atom stereocenters. The third-order valence-corrected chi connectivity index (χ3v) is 4.23. The van der Waals surface area contributed by atoms with Gasteiger partial charge >= 0.3 is 0 Å². The van der Waals surface area contributed by atoms with Gasteiger partial charge in [-0.05, 0) is 24.0 Å². The van der Waals surface area contributed by atoms with E-state index in [9.17, 15) is 0 Å². The fourth-order valence-corrected chi connectivity index (χ4v) is 2.96. The van der Waals surface area contributed by atoms with Gasteiger partial charge in [0.25, 0.3) is 0 Å². The highest BCUT2D eigenvalue weighted by Crippen LogP contribution is 2.18. The Balaban J connectivity index is 1.99. The van der Waals surface area contributed by atoms with Gasteiger partial charge in [-0.25, -0.2) is 0 Å². The van der Waals surface area contributed by atoms with Crippen molar-refractivity contribution in [2.45, 2.75) is 31.6 Å². The van der Waals surface area contributed by atoms with Crippen LogP contribution in [0.1, 0.15) is 17.5 Å². The summed E-state index contributed by atoms with van der Waals surface area (Å²) in [7, 11) is 3.36. The number of nitrogens with zero attached hydrogens (tertiary/aromatic N) is 1. The van der Waals surface area contributed by atoms with Crippen molar-refractivity contribution in [3.63, 3.8) is 0 Å². The Bertz CT molecular complexity index is 380. The molecule has 112 valence electrons. The molecule has 4 nitrogen and oxygen atoms in total. The molecule has 0 saturated heterocycles. The second kappa shape index (κ2) is 7.74. The Morgan fingerprint density at radius 3 is 2.10 bits per heavy atom. The maximum atomic E-state index is 5.96. The molecule has 0 aliphatic carbocycles. The number of fused-ring (bicyclic) bond motifs is 1. The lowest BCUT2D eigenvalue weighted by Crippen LogP contribution is -2.44. The highest BCUT2D eigenvalue weighted by Gasteiger charge is 2.23. The molecule has 1 aliphatic heterocycles. The second-order valence-electron chi connectivity index (χ2n) is 5.33. The summed E-state index contributed by atoms with van der Waals surface area (Å²) in [6, 6.07) is 9.04. The Morgan fingerprint density at radius 2 is 1.65 bits per heavy atom. The van der Waals surface area contributed by atoms with Crippen molar-refractivity contribution >= 4 is 0 Å². The quantitative estimate of drug-likeness (QED) is 0.800. The first kappa shape index (κ1) is 15.4. The summed E-state index contributed by atoms with van der Waals surface area (Å²) in [4.78, 5) is 2.48. The molecular formula is C16H26N2O2. The van der Waals surface area contributed by atoms with E-state index in [1.807, 2.05) is 0 Å². The predicted octanol–water partition coefficient (Wildman–Crippen LogP) is 1.42. The Kier molecular flexibility index (Phi) is 5.98. The van der Waals surface area contributed by atoms with Gasteiger partial charge in [-0.3, -0.25) is 4.90 Å². The first-order chi connectivity index (χ1) is 9.78. The number of hydrogen-bond acceptors (Lipinski definition) is 4. The monoisotopic (exact) mass is 278 g/mol. The van der Waals surface area contributed by atoms with Gasteiger partial charge in [-0.1, -0.05) is 24.3 Å². The van der Waals surface area contributed by atoms with Crippen LogP contribution in [0.25, 0.3) is 0 Å². The molecule has 1 aliphatic rings. The molecule has 1 heterocycles. The highest BCUT2D eigenvalue weighted by atomic mass is 16.7. The van der Waals surface area contributed by atoms with Crippen molar-refractivity contribution in [3.05, 3.63) is 35.4 Å². The molecule has 0 spiro atoms. The Labute approximate surface area is 121 Å². The highest BCUT2D eigenvalue weighted by molar-refractivity contribution is 5.28. The van der Waals surface area contributed by atoms with Crippen LogP contribution in [0, 0.1) is 0 Å². The number of benzene rings is 1. The van der Waals surface area contributed by atoms with Gasteiger partial charge in [-0.2, -0.15) is 0 Å². The van der Waals surface area contributed by atoms with Crippen molar-refractivity contribution in [3.8, 4) is 0 Å². The zero-order valence-corrected chi connectivity index (χ0v) is 12.5. The van der Waals surface area contributed by atoms with Crippen LogP contribution < -0.4 is 5.73 Å². The molecular weight excluding hydrogens is 252 g/mol. The zero-order chi connectivity index (χ0) is 14.4. The molecule has 2 N–H and O–H groups in total. The van der Waals surface area contributed by atoms with E-state index in [0.29, 0.717) is 12.6 Å². The van der Waals surface area contributed by atoms with Gasteiger partial charge < -0.3 is 15.2 Å². The standard InChI is InChI=1S/C16H26N2O2/c1-19-16(20-2)11-15(12-17)18-9-7-13-5-3-4-6-14(13)8-10-18/h3-6,15-16H,7-12,17H2,1-2H3. The third-order valence-electron chi connectivity index (χ3n) is 4.23. The lowest BCUT2D eigenvalue weighted by atomic mass is 10.0. The minimum atomic E-state index is -0.172. The van der Waals surface area contributed by atoms with Crippen LogP contribution in [-0.2, 0) is 22.3 Å². The van der Waals surface area contributed by atoms with Crippen molar-refractivity contribution in [2.24, 2.45) is 5.73 Å². The number of ether oxygens (including phenoxy) is 2. The summed E-state index contributed by atoms with van der Waals surface area (Å²) in [6.45, 7) is 2.75. The lowest BCUT2D eigenvalue weighted by Gasteiger charge is -2.31. The number of hydrogen-bond donors (Lipinski definition) is 1. The van der Waals surface area contributed by atoms with Crippen LogP contribution >= 0.6 is 0 Å². The summed E-state index contributed by atoms with van der Waals surface area (Å²) in [5.41, 5.74) is 8.91. The number of nitrogens with two attached hydrogens (primary N) is 1. The molecule has 1 aromatic carbocycles. The van der Waals surface area contributed by atoms with Crippen LogP contribution in [0.3, 0.4) is 0 Å². The minimum absolute atomic E-state index is 0.172. The van der Waals surface area contributed by atoms with Crippen molar-refractivity contribution in [2.75, 3.05) is 33.9 Å². The van der Waals surface area contributed by atoms with Gasteiger partial charge in [0.15, 0.2) is 6.29 Å². The second-order valence-corrected chi connectivity index (χ2v) is 5.33. The van der Waals surface area contributed by atoms with Gasteiger partial charge in [0.05, 0.1) is 0 Å². The largest absolute Gasteiger partial charge is 0.356 e. The zero-order valence-electron chi connectivity index (χ0n) is 12.5. The van der Waals surface area contributed by atoms with Crippen LogP contribution in [0.5, 0.6) is 0 Å². The van der Waals surface area contributed by atoms with E-state index in [1.165, 1.54) is 11.1 Å². The maximum absolute atomic E-state index is 5.96. The minimum Gasteiger partial charge on any atom is -0.356 e. The fourth-order valence-electron chi connectivity index (χ4n) is 2.96. The van der Waals surface area contributed by atoms with Gasteiger partial charge in [0.1, 0.15) is 0 Å². The topological polar surface area (TPSA) is 47.7 Å². The predicted molar refractivity (Wildman–Crippen MR) is 80.7 cm³/mol. The smallest absolute Gasteiger partial charge is 0.158 e. The van der Waals surface area contributed by atoms with Crippen LogP contribution in [0.2, 0.25) is 0 Å². The Hall–Kier alpha value is -0.940. The van der Waals surface area contributed by atoms with E-state index in [4.69, 9.17) is 15.2 Å². The molecule has 0 bridgehead atoms.